The molecule has 0 atom stereocenters. The Morgan fingerprint density at radius 2 is 1.67 bits per heavy atom. The summed E-state index contributed by atoms with van der Waals surface area (Å²) in [6.07, 6.45) is 3.89. The average molecular weight is 280 g/mol. The minimum absolute atomic E-state index is 0.296. The summed E-state index contributed by atoms with van der Waals surface area (Å²) in [6.45, 7) is 0. The summed E-state index contributed by atoms with van der Waals surface area (Å²) in [4.78, 5) is 12.0. The molecule has 2 aromatic carbocycles. The van der Waals surface area contributed by atoms with Crippen molar-refractivity contribution in [2.75, 3.05) is 5.32 Å². The number of nitrogens with one attached hydrogen (secondary N) is 1. The van der Waals surface area contributed by atoms with Gasteiger partial charge < -0.3 is 9.88 Å². The van der Waals surface area contributed by atoms with E-state index in [2.05, 4.69) is 5.32 Å². The van der Waals surface area contributed by atoms with E-state index in [9.17, 15) is 9.18 Å². The van der Waals surface area contributed by atoms with Gasteiger partial charge >= 0.3 is 0 Å². The molecular weight excluding hydrogens is 267 g/mol. The van der Waals surface area contributed by atoms with E-state index in [1.165, 1.54) is 18.2 Å². The van der Waals surface area contributed by atoms with E-state index < -0.39 is 5.82 Å². The second-order valence-electron chi connectivity index (χ2n) is 4.60. The fourth-order valence-corrected chi connectivity index (χ4v) is 2.06. The van der Waals surface area contributed by atoms with Crippen LogP contribution in [0.5, 0.6) is 0 Å². The summed E-state index contributed by atoms with van der Waals surface area (Å²) in [6, 6.07) is 16.9. The van der Waals surface area contributed by atoms with Crippen molar-refractivity contribution in [3.8, 4) is 5.69 Å². The molecule has 1 N–H and O–H groups in total. The van der Waals surface area contributed by atoms with Crippen LogP contribution < -0.4 is 5.32 Å². The highest BCUT2D eigenvalue weighted by atomic mass is 19.1. The Bertz CT molecular complexity index is 749. The molecule has 21 heavy (non-hydrogen) atoms. The van der Waals surface area contributed by atoms with Crippen LogP contribution in [0.3, 0.4) is 0 Å². The van der Waals surface area contributed by atoms with E-state index >= 15 is 0 Å². The van der Waals surface area contributed by atoms with Crippen LogP contribution in [0.1, 0.15) is 10.4 Å². The van der Waals surface area contributed by atoms with Crippen molar-refractivity contribution in [2.45, 2.75) is 0 Å². The summed E-state index contributed by atoms with van der Waals surface area (Å²) in [5.41, 5.74) is 1.97. The van der Waals surface area contributed by atoms with Crippen LogP contribution in [-0.2, 0) is 0 Å². The third-order valence-electron chi connectivity index (χ3n) is 3.11. The number of halogens is 1. The summed E-state index contributed by atoms with van der Waals surface area (Å²) >= 11 is 0. The largest absolute Gasteiger partial charge is 0.324 e. The molecule has 3 nitrogen and oxygen atoms in total. The molecule has 3 aromatic rings. The zero-order chi connectivity index (χ0) is 14.7. The average Bonchev–Trinajstić information content (AvgIpc) is 3.02. The zero-order valence-electron chi connectivity index (χ0n) is 11.2. The number of anilines is 1. The third kappa shape index (κ3) is 3.00. The van der Waals surface area contributed by atoms with Gasteiger partial charge in [0.15, 0.2) is 0 Å². The Kier molecular flexibility index (Phi) is 3.51. The number of rotatable bonds is 3. The predicted octanol–water partition coefficient (Wildman–Crippen LogP) is 3.87. The smallest absolute Gasteiger partial charge is 0.255 e. The van der Waals surface area contributed by atoms with Crippen LogP contribution >= 0.6 is 0 Å². The molecule has 0 spiro atoms. The normalized spacial score (nSPS) is 10.3. The van der Waals surface area contributed by atoms with Crippen LogP contribution in [-0.4, -0.2) is 10.5 Å². The number of hydrogen-bond acceptors (Lipinski definition) is 1. The predicted molar refractivity (Wildman–Crippen MR) is 80.1 cm³/mol. The molecule has 104 valence electrons. The molecule has 0 bridgehead atoms. The van der Waals surface area contributed by atoms with Crippen molar-refractivity contribution >= 4 is 11.6 Å². The summed E-state index contributed by atoms with van der Waals surface area (Å²) in [7, 11) is 0. The first-order valence-electron chi connectivity index (χ1n) is 6.53. The molecule has 0 aliphatic carbocycles. The fraction of sp³-hybridized carbons (Fsp3) is 0. The van der Waals surface area contributed by atoms with E-state index in [0.717, 1.165) is 5.69 Å². The van der Waals surface area contributed by atoms with Gasteiger partial charge in [-0.25, -0.2) is 4.39 Å². The van der Waals surface area contributed by atoms with Gasteiger partial charge in [-0.3, -0.25) is 4.79 Å². The van der Waals surface area contributed by atoms with Crippen LogP contribution in [0, 0.1) is 5.82 Å². The first-order valence-corrected chi connectivity index (χ1v) is 6.53. The number of amides is 1. The molecule has 1 aromatic heterocycles. The lowest BCUT2D eigenvalue weighted by Gasteiger charge is -2.07. The summed E-state index contributed by atoms with van der Waals surface area (Å²) in [5.74, 6) is -0.756. The number of nitrogens with zero attached hydrogens (tertiary/aromatic N) is 1. The quantitative estimate of drug-likeness (QED) is 0.776. The van der Waals surface area contributed by atoms with Gasteiger partial charge in [0, 0.05) is 29.3 Å². The van der Waals surface area contributed by atoms with Crippen LogP contribution in [0.4, 0.5) is 10.1 Å². The van der Waals surface area contributed by atoms with Gasteiger partial charge in [0.2, 0.25) is 0 Å². The topological polar surface area (TPSA) is 34.0 Å². The van der Waals surface area contributed by atoms with Gasteiger partial charge in [-0.05, 0) is 54.6 Å². The minimum atomic E-state index is -0.425. The lowest BCUT2D eigenvalue weighted by atomic mass is 10.2. The molecule has 0 radical (unpaired) electrons. The fourth-order valence-electron chi connectivity index (χ4n) is 2.06. The summed E-state index contributed by atoms with van der Waals surface area (Å²) < 4.78 is 15.1. The van der Waals surface area contributed by atoms with Crippen LogP contribution in [0.25, 0.3) is 5.69 Å². The van der Waals surface area contributed by atoms with Crippen molar-refractivity contribution in [3.05, 3.63) is 84.4 Å². The maximum atomic E-state index is 13.1. The molecule has 0 aliphatic heterocycles. The Morgan fingerprint density at radius 3 is 2.33 bits per heavy atom. The highest BCUT2D eigenvalue weighted by Gasteiger charge is 2.06. The molecule has 4 heteroatoms. The Hall–Kier alpha value is -2.88. The van der Waals surface area contributed by atoms with Crippen molar-refractivity contribution in [1.29, 1.82) is 0 Å². The second-order valence-corrected chi connectivity index (χ2v) is 4.60. The van der Waals surface area contributed by atoms with Crippen LogP contribution in [0.15, 0.2) is 73.1 Å². The molecule has 0 saturated heterocycles. The summed E-state index contributed by atoms with van der Waals surface area (Å²) in [5, 5.41) is 2.74. The van der Waals surface area contributed by atoms with Gasteiger partial charge in [-0.15, -0.1) is 0 Å². The number of hydrogen-bond donors (Lipinski definition) is 1. The molecule has 1 heterocycles. The third-order valence-corrected chi connectivity index (χ3v) is 3.11. The van der Waals surface area contributed by atoms with E-state index in [-0.39, 0.29) is 5.91 Å². The lowest BCUT2D eigenvalue weighted by molar-refractivity contribution is 0.102. The second kappa shape index (κ2) is 5.63. The standard InChI is InChI=1S/C17H13FN2O/c18-14-5-3-4-13(12-14)17(21)19-15-6-8-16(9-7-15)20-10-1-2-11-20/h1-12H,(H,19,21). The maximum Gasteiger partial charge on any atom is 0.255 e. The van der Waals surface area contributed by atoms with Crippen LogP contribution in [0.2, 0.25) is 0 Å². The first-order chi connectivity index (χ1) is 10.2. The maximum absolute atomic E-state index is 13.1. The number of aromatic nitrogens is 1. The van der Waals surface area contributed by atoms with Crippen molar-refractivity contribution in [2.24, 2.45) is 0 Å². The van der Waals surface area contributed by atoms with Crippen molar-refractivity contribution in [1.82, 2.24) is 4.57 Å². The zero-order valence-corrected chi connectivity index (χ0v) is 11.2. The molecule has 0 unspecified atom stereocenters. The van der Waals surface area contributed by atoms with Gasteiger partial charge in [-0.1, -0.05) is 6.07 Å². The lowest BCUT2D eigenvalue weighted by Crippen LogP contribution is -2.12. The van der Waals surface area contributed by atoms with Crippen molar-refractivity contribution < 1.29 is 9.18 Å². The molecule has 0 aliphatic rings. The molecule has 1 amide bonds. The van der Waals surface area contributed by atoms with E-state index in [1.807, 2.05) is 53.4 Å². The molecule has 0 saturated carbocycles. The Labute approximate surface area is 121 Å². The van der Waals surface area contributed by atoms with E-state index in [1.54, 1.807) is 6.07 Å². The molecular formula is C17H13FN2O. The van der Waals surface area contributed by atoms with Gasteiger partial charge in [0.1, 0.15) is 5.82 Å². The number of carbonyl (C=O) groups is 1. The SMILES string of the molecule is O=C(Nc1ccc(-n2cccc2)cc1)c1cccc(F)c1. The number of benzene rings is 2. The van der Waals surface area contributed by atoms with Gasteiger partial charge in [0.25, 0.3) is 5.91 Å². The Balaban J connectivity index is 1.75. The van der Waals surface area contributed by atoms with Gasteiger partial charge in [0.05, 0.1) is 0 Å². The van der Waals surface area contributed by atoms with E-state index in [4.69, 9.17) is 0 Å². The van der Waals surface area contributed by atoms with E-state index in [0.29, 0.717) is 11.3 Å². The Morgan fingerprint density at radius 1 is 0.952 bits per heavy atom. The molecule has 3 rings (SSSR count). The minimum Gasteiger partial charge on any atom is -0.324 e. The highest BCUT2D eigenvalue weighted by molar-refractivity contribution is 6.04. The first kappa shape index (κ1) is 13.1. The number of carbonyl (C=O) groups excluding carboxylic acids is 1. The molecule has 0 fully saturated rings. The van der Waals surface area contributed by atoms with Gasteiger partial charge in [-0.2, -0.15) is 0 Å². The highest BCUT2D eigenvalue weighted by Crippen LogP contribution is 2.15. The van der Waals surface area contributed by atoms with Crippen molar-refractivity contribution in [3.63, 3.8) is 0 Å². The monoisotopic (exact) mass is 280 g/mol.